The van der Waals surface area contributed by atoms with E-state index in [0.717, 1.165) is 15.9 Å². The lowest BCUT2D eigenvalue weighted by molar-refractivity contribution is -0.475. The number of hydrogen-bond acceptors (Lipinski definition) is 6. The van der Waals surface area contributed by atoms with Gasteiger partial charge in [-0.3, -0.25) is 9.59 Å². The van der Waals surface area contributed by atoms with E-state index in [-0.39, 0.29) is 22.4 Å². The van der Waals surface area contributed by atoms with Crippen LogP contribution >= 0.6 is 0 Å². The first kappa shape index (κ1) is 22.7. The number of fused-ring (bicyclic) bond motifs is 1. The van der Waals surface area contributed by atoms with Gasteiger partial charge >= 0.3 is 11.9 Å². The molecular formula is C26H23N2O6+. The molecule has 0 amide bonds. The Morgan fingerprint density at radius 1 is 0.794 bits per heavy atom. The summed E-state index contributed by atoms with van der Waals surface area (Å²) in [5.41, 5.74) is 2.16. The molecule has 0 unspecified atom stereocenters. The van der Waals surface area contributed by atoms with E-state index in [1.54, 1.807) is 60.7 Å². The van der Waals surface area contributed by atoms with E-state index >= 15 is 0 Å². The van der Waals surface area contributed by atoms with Gasteiger partial charge in [0.25, 0.3) is 11.2 Å². The van der Waals surface area contributed by atoms with Crippen molar-refractivity contribution in [3.05, 3.63) is 100 Å². The Kier molecular flexibility index (Phi) is 6.40. The number of carbonyl (C=O) groups excluding carboxylic acids is 2. The van der Waals surface area contributed by atoms with Crippen LogP contribution in [0.25, 0.3) is 11.0 Å². The van der Waals surface area contributed by atoms with Crippen molar-refractivity contribution in [2.75, 3.05) is 0 Å². The molecule has 0 aliphatic carbocycles. The summed E-state index contributed by atoms with van der Waals surface area (Å²) in [5, 5.41) is 10.8. The van der Waals surface area contributed by atoms with Gasteiger partial charge in [-0.25, -0.2) is 0 Å². The fraction of sp³-hybridized carbons (Fsp3) is 0.154. The second kappa shape index (κ2) is 9.58. The number of aryl methyl sites for hydroxylation is 2. The van der Waals surface area contributed by atoms with Crippen LogP contribution in [0.2, 0.25) is 0 Å². The second-order valence-corrected chi connectivity index (χ2v) is 7.92. The molecule has 0 saturated carbocycles. The van der Waals surface area contributed by atoms with Gasteiger partial charge in [0.2, 0.25) is 0 Å². The van der Waals surface area contributed by atoms with E-state index in [4.69, 9.17) is 9.47 Å². The molecule has 8 heteroatoms. The summed E-state index contributed by atoms with van der Waals surface area (Å²) in [6.07, 6.45) is -0.902. The summed E-state index contributed by atoms with van der Waals surface area (Å²) in [6, 6.07) is 20.1. The fourth-order valence-electron chi connectivity index (χ4n) is 3.52. The zero-order chi connectivity index (χ0) is 24.2. The maximum Gasteiger partial charge on any atom is 0.322 e. The molecule has 0 spiro atoms. The van der Waals surface area contributed by atoms with Crippen LogP contribution in [0.1, 0.15) is 22.5 Å². The minimum atomic E-state index is -0.711. The van der Waals surface area contributed by atoms with Crippen molar-refractivity contribution in [3.63, 3.8) is 0 Å². The number of carbonyl (C=O) groups is 2. The smallest absolute Gasteiger partial charge is 0.322 e. The van der Waals surface area contributed by atoms with Crippen LogP contribution in [0, 0.1) is 18.8 Å². The van der Waals surface area contributed by atoms with Crippen molar-refractivity contribution in [1.82, 2.24) is 4.73 Å². The number of ether oxygens (including phenoxy) is 2. The molecule has 4 rings (SSSR count). The van der Waals surface area contributed by atoms with Gasteiger partial charge in [0, 0.05) is 11.0 Å². The molecule has 1 heterocycles. The number of rotatable bonds is 6. The van der Waals surface area contributed by atoms with Crippen LogP contribution in [-0.2, 0) is 22.4 Å². The van der Waals surface area contributed by atoms with Gasteiger partial charge in [0.15, 0.2) is 5.52 Å². The van der Waals surface area contributed by atoms with Crippen molar-refractivity contribution in [2.45, 2.75) is 26.7 Å². The standard InChI is InChI=1S/C26H23N2O6/c1-17-7-11-19(12-8-17)33-25(29)15-23-24(16-26(30)34-20-13-9-18(2)10-14-20)28(32)22-6-4-3-5-21(22)27(23)31/h3-14,31H,15-16H2,1-2H3/q+1. The normalized spacial score (nSPS) is 10.8. The molecule has 8 nitrogen and oxygen atoms in total. The van der Waals surface area contributed by atoms with Crippen LogP contribution in [0.15, 0.2) is 72.8 Å². The predicted octanol–water partition coefficient (Wildman–Crippen LogP) is 3.71. The first-order valence-corrected chi connectivity index (χ1v) is 10.6. The third-order valence-corrected chi connectivity index (χ3v) is 5.29. The van der Waals surface area contributed by atoms with E-state index in [9.17, 15) is 19.7 Å². The van der Waals surface area contributed by atoms with Gasteiger partial charge in [-0.15, -0.1) is 0 Å². The third-order valence-electron chi connectivity index (χ3n) is 5.29. The molecular weight excluding hydrogens is 436 g/mol. The van der Waals surface area contributed by atoms with E-state index in [1.807, 2.05) is 13.8 Å². The van der Waals surface area contributed by atoms with Crippen LogP contribution < -0.4 is 13.9 Å². The molecule has 0 saturated heterocycles. The van der Waals surface area contributed by atoms with Gasteiger partial charge in [0.05, 0.1) is 10.8 Å². The third kappa shape index (κ3) is 4.96. The Labute approximate surface area is 195 Å². The van der Waals surface area contributed by atoms with Gasteiger partial charge in [-0.05, 0) is 44.2 Å². The molecule has 0 aliphatic heterocycles. The van der Waals surface area contributed by atoms with Gasteiger partial charge in [-0.1, -0.05) is 47.5 Å². The fourth-order valence-corrected chi connectivity index (χ4v) is 3.52. The molecule has 0 fully saturated rings. The monoisotopic (exact) mass is 459 g/mol. The zero-order valence-electron chi connectivity index (χ0n) is 18.7. The number of nitrogens with zero attached hydrogens (tertiary/aromatic N) is 2. The quantitative estimate of drug-likeness (QED) is 0.204. The Bertz CT molecular complexity index is 1420. The van der Waals surface area contributed by atoms with Crippen molar-refractivity contribution < 1.29 is 28.7 Å². The Morgan fingerprint density at radius 2 is 1.29 bits per heavy atom. The van der Waals surface area contributed by atoms with Gasteiger partial charge in [0.1, 0.15) is 23.6 Å². The zero-order valence-corrected chi connectivity index (χ0v) is 18.7. The highest BCUT2D eigenvalue weighted by Crippen LogP contribution is 2.18. The lowest BCUT2D eigenvalue weighted by atomic mass is 10.1. The largest absolute Gasteiger partial charge is 0.428 e. The number of esters is 2. The molecule has 4 aromatic rings. The van der Waals surface area contributed by atoms with Crippen LogP contribution in [0.5, 0.6) is 11.5 Å². The SMILES string of the molecule is Cc1ccc(OC(=O)Cc2c(CC(=O)Oc3ccc(C)cc3)[n+](=O)c3ccccc3n2O)cc1. The topological polar surface area (TPSA) is 101 Å². The van der Waals surface area contributed by atoms with E-state index in [2.05, 4.69) is 0 Å². The molecule has 1 N–H and O–H groups in total. The number of para-hydroxylation sites is 2. The summed E-state index contributed by atoms with van der Waals surface area (Å²) in [7, 11) is 0. The molecule has 172 valence electrons. The average molecular weight is 459 g/mol. The Hall–Kier alpha value is -4.46. The lowest BCUT2D eigenvalue weighted by Crippen LogP contribution is -2.32. The maximum atomic E-state index is 13.1. The summed E-state index contributed by atoms with van der Waals surface area (Å²) in [5.74, 6) is -0.755. The Balaban J connectivity index is 1.67. The average Bonchev–Trinajstić information content (AvgIpc) is 2.82. The van der Waals surface area contributed by atoms with E-state index in [1.165, 1.54) is 12.1 Å². The van der Waals surface area contributed by atoms with E-state index in [0.29, 0.717) is 15.9 Å². The second-order valence-electron chi connectivity index (χ2n) is 7.92. The molecule has 1 aromatic heterocycles. The minimum absolute atomic E-state index is 0.0633. The molecule has 0 atom stereocenters. The molecule has 0 aliphatic rings. The van der Waals surface area contributed by atoms with Crippen LogP contribution in [0.4, 0.5) is 0 Å². The maximum absolute atomic E-state index is 13.1. The highest BCUT2D eigenvalue weighted by Gasteiger charge is 2.30. The Morgan fingerprint density at radius 3 is 1.85 bits per heavy atom. The number of aromatic nitrogens is 2. The minimum Gasteiger partial charge on any atom is -0.428 e. The first-order valence-electron chi connectivity index (χ1n) is 10.6. The summed E-state index contributed by atoms with van der Waals surface area (Å²) >= 11 is 0. The van der Waals surface area contributed by atoms with Crippen molar-refractivity contribution in [3.8, 4) is 11.5 Å². The highest BCUT2D eigenvalue weighted by atomic mass is 16.5. The molecule has 0 bridgehead atoms. The van der Waals surface area contributed by atoms with E-state index < -0.39 is 24.8 Å². The number of benzene rings is 3. The van der Waals surface area contributed by atoms with Gasteiger partial charge < -0.3 is 14.7 Å². The van der Waals surface area contributed by atoms with Crippen LogP contribution in [-0.4, -0.2) is 21.9 Å². The van der Waals surface area contributed by atoms with Crippen LogP contribution in [0.3, 0.4) is 0 Å². The predicted molar refractivity (Wildman–Crippen MR) is 124 cm³/mol. The van der Waals surface area contributed by atoms with Crippen molar-refractivity contribution in [1.29, 1.82) is 0 Å². The van der Waals surface area contributed by atoms with Crippen molar-refractivity contribution in [2.24, 2.45) is 0 Å². The van der Waals surface area contributed by atoms with Gasteiger partial charge in [-0.2, -0.15) is 4.73 Å². The summed E-state index contributed by atoms with van der Waals surface area (Å²) in [4.78, 5) is 38.4. The molecule has 0 radical (unpaired) electrons. The lowest BCUT2D eigenvalue weighted by Gasteiger charge is -2.10. The molecule has 3 aromatic carbocycles. The van der Waals surface area contributed by atoms with Crippen molar-refractivity contribution >= 4 is 23.0 Å². The molecule has 34 heavy (non-hydrogen) atoms. The highest BCUT2D eigenvalue weighted by molar-refractivity contribution is 5.79. The summed E-state index contributed by atoms with van der Waals surface area (Å²) < 4.78 is 12.0. The first-order chi connectivity index (χ1) is 16.3. The summed E-state index contributed by atoms with van der Waals surface area (Å²) in [6.45, 7) is 3.81. The number of hydrogen-bond donors (Lipinski definition) is 1.